The van der Waals surface area contributed by atoms with Gasteiger partial charge in [-0.05, 0) is 44.6 Å². The van der Waals surface area contributed by atoms with Crippen molar-refractivity contribution in [2.75, 3.05) is 0 Å². The van der Waals surface area contributed by atoms with Crippen LogP contribution in [-0.2, 0) is 0 Å². The normalized spacial score (nSPS) is 32.5. The van der Waals surface area contributed by atoms with Crippen LogP contribution < -0.4 is 0 Å². The van der Waals surface area contributed by atoms with Gasteiger partial charge >= 0.3 is 0 Å². The molecule has 0 radical (unpaired) electrons. The molecule has 0 spiro atoms. The van der Waals surface area contributed by atoms with E-state index < -0.39 is 5.60 Å². The molecular formula is C12H19NO. The topological polar surface area (TPSA) is 44.0 Å². The van der Waals surface area contributed by atoms with Gasteiger partial charge in [-0.1, -0.05) is 12.5 Å². The van der Waals surface area contributed by atoms with Crippen molar-refractivity contribution in [2.45, 2.75) is 52.1 Å². The molecule has 1 fully saturated rings. The van der Waals surface area contributed by atoms with Crippen LogP contribution in [0, 0.1) is 17.2 Å². The molecule has 2 nitrogen and oxygen atoms in total. The highest BCUT2D eigenvalue weighted by Crippen LogP contribution is 2.40. The van der Waals surface area contributed by atoms with E-state index in [1.807, 2.05) is 13.8 Å². The lowest BCUT2D eigenvalue weighted by Gasteiger charge is -2.37. The highest BCUT2D eigenvalue weighted by molar-refractivity contribution is 5.25. The Kier molecular flexibility index (Phi) is 3.34. The van der Waals surface area contributed by atoms with Gasteiger partial charge in [0.05, 0.1) is 18.1 Å². The van der Waals surface area contributed by atoms with E-state index in [9.17, 15) is 5.11 Å². The van der Waals surface area contributed by atoms with Crippen LogP contribution in [0.25, 0.3) is 0 Å². The quantitative estimate of drug-likeness (QED) is 0.651. The Hall–Kier alpha value is -0.810. The van der Waals surface area contributed by atoms with E-state index in [1.165, 1.54) is 5.57 Å². The van der Waals surface area contributed by atoms with Crippen LogP contribution in [0.15, 0.2) is 11.1 Å². The fraction of sp³-hybridized carbons (Fsp3) is 0.750. The molecule has 0 aromatic heterocycles. The van der Waals surface area contributed by atoms with Crippen molar-refractivity contribution >= 4 is 0 Å². The van der Waals surface area contributed by atoms with Crippen molar-refractivity contribution in [1.82, 2.24) is 0 Å². The third-order valence-corrected chi connectivity index (χ3v) is 3.11. The minimum atomic E-state index is -0.842. The van der Waals surface area contributed by atoms with Crippen LogP contribution in [-0.4, -0.2) is 10.7 Å². The molecular weight excluding hydrogens is 174 g/mol. The van der Waals surface area contributed by atoms with Gasteiger partial charge in [-0.15, -0.1) is 0 Å². The average Bonchev–Trinajstić information content (AvgIpc) is 2.02. The van der Waals surface area contributed by atoms with Gasteiger partial charge < -0.3 is 5.11 Å². The zero-order valence-corrected chi connectivity index (χ0v) is 9.30. The summed E-state index contributed by atoms with van der Waals surface area (Å²) in [6.07, 6.45) is 3.05. The Morgan fingerprint density at radius 2 is 2.29 bits per heavy atom. The third-order valence-electron chi connectivity index (χ3n) is 3.11. The van der Waals surface area contributed by atoms with Crippen molar-refractivity contribution in [3.63, 3.8) is 0 Å². The van der Waals surface area contributed by atoms with Gasteiger partial charge in [0.2, 0.25) is 0 Å². The first kappa shape index (κ1) is 11.3. The summed E-state index contributed by atoms with van der Waals surface area (Å²) < 4.78 is 0. The summed E-state index contributed by atoms with van der Waals surface area (Å²) >= 11 is 0. The largest absolute Gasteiger partial charge is 0.384 e. The zero-order valence-electron chi connectivity index (χ0n) is 9.30. The molecule has 1 aliphatic carbocycles. The molecule has 0 amide bonds. The number of nitrogens with zero attached hydrogens (tertiary/aromatic N) is 1. The van der Waals surface area contributed by atoms with Crippen molar-refractivity contribution < 1.29 is 5.11 Å². The molecule has 0 aliphatic heterocycles. The van der Waals surface area contributed by atoms with Crippen LogP contribution in [0.4, 0.5) is 0 Å². The molecule has 2 atom stereocenters. The first-order valence-corrected chi connectivity index (χ1v) is 5.26. The summed E-state index contributed by atoms with van der Waals surface area (Å²) in [6, 6.07) is 2.10. The highest BCUT2D eigenvalue weighted by atomic mass is 16.3. The van der Waals surface area contributed by atoms with Crippen molar-refractivity contribution in [1.29, 1.82) is 5.26 Å². The molecule has 1 N–H and O–H groups in total. The molecule has 1 saturated carbocycles. The molecule has 0 heterocycles. The number of nitriles is 1. The second kappa shape index (κ2) is 4.14. The SMILES string of the molecule is CC(C)=C1CC[C@@H](C)CC1(O)CC#N. The summed E-state index contributed by atoms with van der Waals surface area (Å²) in [6.45, 7) is 6.19. The van der Waals surface area contributed by atoms with E-state index in [0.29, 0.717) is 5.92 Å². The molecule has 1 unspecified atom stereocenters. The van der Waals surface area contributed by atoms with Gasteiger partial charge in [0.1, 0.15) is 0 Å². The van der Waals surface area contributed by atoms with Gasteiger partial charge in [0, 0.05) is 0 Å². The Balaban J connectivity index is 2.96. The average molecular weight is 193 g/mol. The number of rotatable bonds is 1. The van der Waals surface area contributed by atoms with Crippen LogP contribution in [0.5, 0.6) is 0 Å². The minimum absolute atomic E-state index is 0.234. The van der Waals surface area contributed by atoms with Crippen molar-refractivity contribution in [3.05, 3.63) is 11.1 Å². The molecule has 1 aliphatic rings. The van der Waals surface area contributed by atoms with Gasteiger partial charge in [0.25, 0.3) is 0 Å². The van der Waals surface area contributed by atoms with E-state index in [2.05, 4.69) is 13.0 Å². The van der Waals surface area contributed by atoms with E-state index in [0.717, 1.165) is 24.8 Å². The van der Waals surface area contributed by atoms with Crippen molar-refractivity contribution in [3.8, 4) is 6.07 Å². The maximum absolute atomic E-state index is 10.4. The second-order valence-electron chi connectivity index (χ2n) is 4.69. The third kappa shape index (κ3) is 2.16. The van der Waals surface area contributed by atoms with E-state index >= 15 is 0 Å². The summed E-state index contributed by atoms with van der Waals surface area (Å²) in [7, 11) is 0. The lowest BCUT2D eigenvalue weighted by molar-refractivity contribution is 0.0373. The Morgan fingerprint density at radius 1 is 1.64 bits per heavy atom. The van der Waals surface area contributed by atoms with Crippen molar-refractivity contribution in [2.24, 2.45) is 5.92 Å². The Morgan fingerprint density at radius 3 is 2.79 bits per heavy atom. The van der Waals surface area contributed by atoms with Gasteiger partial charge in [-0.2, -0.15) is 5.26 Å². The molecule has 0 aromatic rings. The summed E-state index contributed by atoms with van der Waals surface area (Å²) in [5.41, 5.74) is 1.43. The molecule has 0 saturated heterocycles. The standard InChI is InChI=1S/C12H19NO/c1-9(2)11-5-4-10(3)8-12(11,14)6-7-13/h10,14H,4-6,8H2,1-3H3/t10-,12?/m1/s1. The van der Waals surface area contributed by atoms with E-state index in [-0.39, 0.29) is 6.42 Å². The van der Waals surface area contributed by atoms with Gasteiger partial charge in [-0.3, -0.25) is 0 Å². The lowest BCUT2D eigenvalue weighted by atomic mass is 9.72. The fourth-order valence-corrected chi connectivity index (χ4v) is 2.45. The minimum Gasteiger partial charge on any atom is -0.384 e. The highest BCUT2D eigenvalue weighted by Gasteiger charge is 2.37. The Labute approximate surface area is 86.2 Å². The summed E-state index contributed by atoms with van der Waals surface area (Å²) in [5.74, 6) is 0.524. The predicted octanol–water partition coefficient (Wildman–Crippen LogP) is 2.79. The fourth-order valence-electron chi connectivity index (χ4n) is 2.45. The second-order valence-corrected chi connectivity index (χ2v) is 4.69. The maximum atomic E-state index is 10.4. The predicted molar refractivity (Wildman–Crippen MR) is 56.6 cm³/mol. The smallest absolute Gasteiger partial charge is 0.0991 e. The first-order chi connectivity index (χ1) is 6.49. The zero-order chi connectivity index (χ0) is 10.8. The van der Waals surface area contributed by atoms with Crippen LogP contribution in [0.1, 0.15) is 46.5 Å². The molecule has 14 heavy (non-hydrogen) atoms. The first-order valence-electron chi connectivity index (χ1n) is 5.26. The van der Waals surface area contributed by atoms with E-state index in [4.69, 9.17) is 5.26 Å². The summed E-state index contributed by atoms with van der Waals surface area (Å²) in [5, 5.41) is 19.1. The van der Waals surface area contributed by atoms with E-state index in [1.54, 1.807) is 0 Å². The number of hydrogen-bond acceptors (Lipinski definition) is 2. The van der Waals surface area contributed by atoms with Gasteiger partial charge in [-0.25, -0.2) is 0 Å². The maximum Gasteiger partial charge on any atom is 0.0991 e. The molecule has 0 aromatic carbocycles. The summed E-state index contributed by atoms with van der Waals surface area (Å²) in [4.78, 5) is 0. The number of aliphatic hydroxyl groups is 1. The number of hydrogen-bond donors (Lipinski definition) is 1. The molecule has 0 bridgehead atoms. The number of allylic oxidation sites excluding steroid dienone is 1. The molecule has 78 valence electrons. The lowest BCUT2D eigenvalue weighted by Crippen LogP contribution is -2.37. The van der Waals surface area contributed by atoms with Crippen LogP contribution >= 0.6 is 0 Å². The van der Waals surface area contributed by atoms with Crippen LogP contribution in [0.2, 0.25) is 0 Å². The molecule has 2 heteroatoms. The van der Waals surface area contributed by atoms with Crippen LogP contribution in [0.3, 0.4) is 0 Å². The monoisotopic (exact) mass is 193 g/mol. The van der Waals surface area contributed by atoms with Gasteiger partial charge in [0.15, 0.2) is 0 Å². The molecule has 1 rings (SSSR count). The Bertz CT molecular complexity index is 283.